The van der Waals surface area contributed by atoms with E-state index in [2.05, 4.69) is 5.32 Å². The van der Waals surface area contributed by atoms with Gasteiger partial charge in [0.2, 0.25) is 0 Å². The molecule has 0 radical (unpaired) electrons. The molecule has 0 aliphatic rings. The van der Waals surface area contributed by atoms with E-state index in [9.17, 15) is 30.3 Å². The van der Waals surface area contributed by atoms with Crippen LogP contribution in [-0.4, -0.2) is 63.9 Å². The van der Waals surface area contributed by atoms with Gasteiger partial charge in [-0.3, -0.25) is 10.1 Å². The minimum atomic E-state index is -0.893. The Kier molecular flexibility index (Phi) is 11.0. The molecular weight excluding hydrogens is 502 g/mol. The Labute approximate surface area is 228 Å². The first-order chi connectivity index (χ1) is 18.7. The molecule has 0 aromatic heterocycles. The molecule has 9 nitrogen and oxygen atoms in total. The first-order valence-electron chi connectivity index (χ1n) is 12.8. The van der Waals surface area contributed by atoms with Gasteiger partial charge < -0.3 is 35.0 Å². The molecule has 210 valence electrons. The number of ether oxygens (including phenoxy) is 2. The van der Waals surface area contributed by atoms with Crippen molar-refractivity contribution in [3.8, 4) is 28.7 Å². The highest BCUT2D eigenvalue weighted by atomic mass is 16.5. The van der Waals surface area contributed by atoms with Crippen molar-refractivity contribution >= 4 is 5.78 Å². The standard InChI is InChI=1S/C30H37NO8/c1-19(32)17-31-18-39-30-14-21(8-11-27(30)36)12-25(22-4-3-5-23(33)15-22)28(37)16-24(34)9-6-20-7-10-26(35)29(13-20)38-2/h3-5,7-8,10-11,13-15,19,24-25,31-36H,6,9,12,16-18H2,1-2H3. The van der Waals surface area contributed by atoms with Crippen molar-refractivity contribution in [2.45, 2.75) is 50.7 Å². The van der Waals surface area contributed by atoms with Crippen molar-refractivity contribution in [1.82, 2.24) is 5.32 Å². The molecule has 0 fully saturated rings. The summed E-state index contributed by atoms with van der Waals surface area (Å²) in [5, 5.41) is 53.0. The molecule has 0 saturated carbocycles. The number of aliphatic hydroxyl groups excluding tert-OH is 2. The zero-order chi connectivity index (χ0) is 28.4. The van der Waals surface area contributed by atoms with Crippen molar-refractivity contribution in [3.63, 3.8) is 0 Å². The number of aromatic hydroxyl groups is 3. The molecule has 3 aromatic rings. The molecule has 3 unspecified atom stereocenters. The Morgan fingerprint density at radius 1 is 0.923 bits per heavy atom. The number of carbonyl (C=O) groups is 1. The first-order valence-corrected chi connectivity index (χ1v) is 12.8. The molecule has 39 heavy (non-hydrogen) atoms. The number of phenols is 3. The Hall–Kier alpha value is -3.79. The molecule has 0 aliphatic heterocycles. The second kappa shape index (κ2) is 14.4. The summed E-state index contributed by atoms with van der Waals surface area (Å²) in [6, 6.07) is 16.3. The molecule has 0 spiro atoms. The van der Waals surface area contributed by atoms with Gasteiger partial charge in [0.15, 0.2) is 23.0 Å². The van der Waals surface area contributed by atoms with E-state index in [0.29, 0.717) is 30.7 Å². The van der Waals surface area contributed by atoms with Gasteiger partial charge in [-0.2, -0.15) is 0 Å². The quantitative estimate of drug-likeness (QED) is 0.126. The molecule has 3 atom stereocenters. The number of hydrogen-bond acceptors (Lipinski definition) is 9. The zero-order valence-corrected chi connectivity index (χ0v) is 22.2. The van der Waals surface area contributed by atoms with E-state index in [-0.39, 0.29) is 48.4 Å². The minimum absolute atomic E-state index is 0.0322. The van der Waals surface area contributed by atoms with E-state index in [1.807, 2.05) is 0 Å². The van der Waals surface area contributed by atoms with Crippen LogP contribution in [0.2, 0.25) is 0 Å². The lowest BCUT2D eigenvalue weighted by Gasteiger charge is -2.20. The molecule has 6 N–H and O–H groups in total. The number of rotatable bonds is 15. The van der Waals surface area contributed by atoms with Gasteiger partial charge in [0.05, 0.1) is 19.3 Å². The maximum atomic E-state index is 13.4. The molecule has 3 aromatic carbocycles. The second-order valence-electron chi connectivity index (χ2n) is 9.61. The van der Waals surface area contributed by atoms with Crippen molar-refractivity contribution in [1.29, 1.82) is 0 Å². The van der Waals surface area contributed by atoms with Gasteiger partial charge in [-0.25, -0.2) is 0 Å². The van der Waals surface area contributed by atoms with Gasteiger partial charge in [-0.15, -0.1) is 0 Å². The molecule has 0 heterocycles. The second-order valence-corrected chi connectivity index (χ2v) is 9.61. The van der Waals surface area contributed by atoms with Crippen LogP contribution in [0.3, 0.4) is 0 Å². The summed E-state index contributed by atoms with van der Waals surface area (Å²) >= 11 is 0. The number of nitrogens with one attached hydrogen (secondary N) is 1. The lowest BCUT2D eigenvalue weighted by Crippen LogP contribution is -2.28. The van der Waals surface area contributed by atoms with Gasteiger partial charge in [0.25, 0.3) is 0 Å². The number of phenolic OH excluding ortho intramolecular Hbond substituents is 3. The highest BCUT2D eigenvalue weighted by molar-refractivity contribution is 5.86. The summed E-state index contributed by atoms with van der Waals surface area (Å²) in [6.07, 6.45) is -0.424. The van der Waals surface area contributed by atoms with Crippen molar-refractivity contribution < 1.29 is 39.8 Å². The predicted molar refractivity (Wildman–Crippen MR) is 146 cm³/mol. The van der Waals surface area contributed by atoms with Crippen molar-refractivity contribution in [2.75, 3.05) is 20.4 Å². The fourth-order valence-corrected chi connectivity index (χ4v) is 4.28. The van der Waals surface area contributed by atoms with E-state index >= 15 is 0 Å². The summed E-state index contributed by atoms with van der Waals surface area (Å²) in [5.41, 5.74) is 2.20. The van der Waals surface area contributed by atoms with Crippen LogP contribution in [-0.2, 0) is 17.6 Å². The highest BCUT2D eigenvalue weighted by Crippen LogP contribution is 2.32. The summed E-state index contributed by atoms with van der Waals surface area (Å²) in [6.45, 7) is 2.05. The van der Waals surface area contributed by atoms with Crippen molar-refractivity contribution in [3.05, 3.63) is 77.4 Å². The minimum Gasteiger partial charge on any atom is -0.508 e. The van der Waals surface area contributed by atoms with E-state index in [1.54, 1.807) is 43.3 Å². The van der Waals surface area contributed by atoms with E-state index in [0.717, 1.165) is 11.1 Å². The zero-order valence-electron chi connectivity index (χ0n) is 22.2. The van der Waals surface area contributed by atoms with Crippen LogP contribution < -0.4 is 14.8 Å². The fraction of sp³-hybridized carbons (Fsp3) is 0.367. The van der Waals surface area contributed by atoms with Crippen LogP contribution in [0.5, 0.6) is 28.7 Å². The van der Waals surface area contributed by atoms with Crippen molar-refractivity contribution in [2.24, 2.45) is 0 Å². The molecule has 0 saturated heterocycles. The van der Waals surface area contributed by atoms with E-state index < -0.39 is 18.1 Å². The number of hydrogen-bond donors (Lipinski definition) is 6. The van der Waals surface area contributed by atoms with Crippen LogP contribution in [0.4, 0.5) is 0 Å². The largest absolute Gasteiger partial charge is 0.508 e. The third kappa shape index (κ3) is 9.17. The van der Waals surface area contributed by atoms with Crippen LogP contribution >= 0.6 is 0 Å². The monoisotopic (exact) mass is 539 g/mol. The number of benzene rings is 3. The normalized spacial score (nSPS) is 13.4. The van der Waals surface area contributed by atoms with Gasteiger partial charge in [0, 0.05) is 18.9 Å². The number of ketones is 1. The first kappa shape index (κ1) is 29.8. The van der Waals surface area contributed by atoms with Gasteiger partial charge in [-0.05, 0) is 79.3 Å². The molecule has 0 amide bonds. The fourth-order valence-electron chi connectivity index (χ4n) is 4.28. The van der Waals surface area contributed by atoms with Crippen LogP contribution in [0.25, 0.3) is 0 Å². The maximum absolute atomic E-state index is 13.4. The third-order valence-corrected chi connectivity index (χ3v) is 6.34. The van der Waals surface area contributed by atoms with Crippen LogP contribution in [0.15, 0.2) is 60.7 Å². The van der Waals surface area contributed by atoms with E-state index in [4.69, 9.17) is 9.47 Å². The van der Waals surface area contributed by atoms with Crippen LogP contribution in [0.1, 0.15) is 42.4 Å². The SMILES string of the molecule is COc1cc(CCC(O)CC(=O)C(Cc2ccc(O)c(OCNCC(C)O)c2)c2cccc(O)c2)ccc1O. The summed E-state index contributed by atoms with van der Waals surface area (Å²) in [5.74, 6) is -0.248. The molecule has 0 bridgehead atoms. The highest BCUT2D eigenvalue weighted by Gasteiger charge is 2.24. The number of methoxy groups -OCH3 is 1. The Morgan fingerprint density at radius 3 is 2.31 bits per heavy atom. The van der Waals surface area contributed by atoms with Crippen LogP contribution in [0, 0.1) is 0 Å². The number of aliphatic hydroxyl groups is 2. The maximum Gasteiger partial charge on any atom is 0.163 e. The molecule has 0 aliphatic carbocycles. The lowest BCUT2D eigenvalue weighted by molar-refractivity contribution is -0.122. The number of Topliss-reactive ketones (excluding diaryl/α,β-unsaturated/α-hetero) is 1. The third-order valence-electron chi connectivity index (χ3n) is 6.34. The Balaban J connectivity index is 1.71. The summed E-state index contributed by atoms with van der Waals surface area (Å²) in [4.78, 5) is 13.4. The smallest absolute Gasteiger partial charge is 0.163 e. The molecule has 9 heteroatoms. The number of aryl methyl sites for hydroxylation is 1. The van der Waals surface area contributed by atoms with Gasteiger partial charge in [-0.1, -0.05) is 24.3 Å². The van der Waals surface area contributed by atoms with Gasteiger partial charge in [0.1, 0.15) is 18.3 Å². The van der Waals surface area contributed by atoms with E-state index in [1.165, 1.54) is 31.4 Å². The average molecular weight is 540 g/mol. The Morgan fingerprint density at radius 2 is 1.62 bits per heavy atom. The lowest BCUT2D eigenvalue weighted by atomic mass is 9.85. The topological polar surface area (TPSA) is 149 Å². The Bertz CT molecular complexity index is 1230. The summed E-state index contributed by atoms with van der Waals surface area (Å²) < 4.78 is 10.7. The molecule has 3 rings (SSSR count). The predicted octanol–water partition coefficient (Wildman–Crippen LogP) is 3.40. The number of carbonyl (C=O) groups excluding carboxylic acids is 1. The average Bonchev–Trinajstić information content (AvgIpc) is 2.90. The summed E-state index contributed by atoms with van der Waals surface area (Å²) in [7, 11) is 1.46. The molecular formula is C30H37NO8. The van der Waals surface area contributed by atoms with Gasteiger partial charge >= 0.3 is 0 Å².